The van der Waals surface area contributed by atoms with Crippen molar-refractivity contribution in [3.63, 3.8) is 0 Å². The van der Waals surface area contributed by atoms with Gasteiger partial charge in [-0.25, -0.2) is 9.37 Å². The Balaban J connectivity index is 1.33. The maximum absolute atomic E-state index is 14.4. The molecule has 1 amide bonds. The Morgan fingerprint density at radius 2 is 1.71 bits per heavy atom. The number of benzene rings is 4. The Hall–Kier alpha value is -4.69. The number of aromatic hydroxyl groups is 1. The molecule has 0 spiro atoms. The third-order valence-electron chi connectivity index (χ3n) is 7.73. The van der Waals surface area contributed by atoms with Crippen LogP contribution in [0.3, 0.4) is 0 Å². The van der Waals surface area contributed by atoms with Gasteiger partial charge in [0.15, 0.2) is 0 Å². The number of carbonyl (C=O) groups excluding carboxylic acids is 1. The van der Waals surface area contributed by atoms with Crippen LogP contribution in [0.5, 0.6) is 5.75 Å². The number of hydrogen-bond acceptors (Lipinski definition) is 5. The average Bonchev–Trinajstić information content (AvgIpc) is 3.54. The summed E-state index contributed by atoms with van der Waals surface area (Å²) < 4.78 is 14.4. The lowest BCUT2D eigenvalue weighted by Gasteiger charge is -2.27. The SMILES string of the molecule is CN(C)CCN(C)c1ccc(-c2ccc3c(c2)C(=O)N(C(c2nc4ccccc4[nH]2)c2cc(F)ccc2O)C3)cc1. The highest BCUT2D eigenvalue weighted by Crippen LogP contribution is 2.40. The highest BCUT2D eigenvalue weighted by Gasteiger charge is 2.37. The van der Waals surface area contributed by atoms with Crippen LogP contribution in [0, 0.1) is 5.82 Å². The average molecular weight is 550 g/mol. The first kappa shape index (κ1) is 26.5. The number of nitrogens with zero attached hydrogens (tertiary/aromatic N) is 4. The number of phenols is 1. The number of rotatable bonds is 8. The van der Waals surface area contributed by atoms with Gasteiger partial charge in [-0.2, -0.15) is 0 Å². The van der Waals surface area contributed by atoms with Crippen LogP contribution >= 0.6 is 0 Å². The number of aromatic amines is 1. The third kappa shape index (κ3) is 5.14. The Labute approximate surface area is 238 Å². The fraction of sp³-hybridized carbons (Fsp3) is 0.212. The fourth-order valence-corrected chi connectivity index (χ4v) is 5.41. The number of likely N-dealkylation sites (N-methyl/N-ethyl adjacent to an activating group) is 2. The largest absolute Gasteiger partial charge is 0.508 e. The van der Waals surface area contributed by atoms with Gasteiger partial charge in [0, 0.05) is 43.5 Å². The number of fused-ring (bicyclic) bond motifs is 2. The summed E-state index contributed by atoms with van der Waals surface area (Å²) in [5, 5.41) is 10.8. The standard InChI is InChI=1S/C33H32FN5O2/c1-37(2)16-17-38(3)25-13-10-21(11-14-25)22-8-9-23-20-39(33(41)26(23)18-22)31(27-19-24(34)12-15-30(27)40)32-35-28-6-4-5-7-29(28)36-32/h4-15,18-19,31,40H,16-17,20H2,1-3H3,(H,35,36). The van der Waals surface area contributed by atoms with Gasteiger partial charge in [-0.1, -0.05) is 36.4 Å². The summed E-state index contributed by atoms with van der Waals surface area (Å²) in [6.45, 7) is 2.19. The van der Waals surface area contributed by atoms with Crippen LogP contribution in [0.25, 0.3) is 22.2 Å². The molecular weight excluding hydrogens is 517 g/mol. The van der Waals surface area contributed by atoms with Gasteiger partial charge in [0.1, 0.15) is 23.4 Å². The Kier molecular flexibility index (Phi) is 6.93. The summed E-state index contributed by atoms with van der Waals surface area (Å²) in [5.74, 6) is -0.337. The highest BCUT2D eigenvalue weighted by molar-refractivity contribution is 6.00. The van der Waals surface area contributed by atoms with Crippen LogP contribution in [0.4, 0.5) is 10.1 Å². The number of para-hydroxylation sites is 2. The molecule has 41 heavy (non-hydrogen) atoms. The molecule has 6 rings (SSSR count). The van der Waals surface area contributed by atoms with E-state index in [1.54, 1.807) is 4.90 Å². The van der Waals surface area contributed by atoms with E-state index in [1.807, 2.05) is 42.5 Å². The van der Waals surface area contributed by atoms with E-state index in [2.05, 4.69) is 60.2 Å². The molecule has 1 aromatic heterocycles. The van der Waals surface area contributed by atoms with Crippen LogP contribution in [0.15, 0.2) is 84.9 Å². The molecule has 208 valence electrons. The minimum Gasteiger partial charge on any atom is -0.508 e. The van der Waals surface area contributed by atoms with E-state index in [-0.39, 0.29) is 17.2 Å². The second kappa shape index (κ2) is 10.7. The normalized spacial score (nSPS) is 13.7. The lowest BCUT2D eigenvalue weighted by atomic mass is 10.00. The van der Waals surface area contributed by atoms with Gasteiger partial charge in [0.05, 0.1) is 11.0 Å². The van der Waals surface area contributed by atoms with Crippen molar-refractivity contribution < 1.29 is 14.3 Å². The zero-order valence-electron chi connectivity index (χ0n) is 23.3. The smallest absolute Gasteiger partial charge is 0.255 e. The van der Waals surface area contributed by atoms with Crippen LogP contribution < -0.4 is 4.90 Å². The molecule has 7 nitrogen and oxygen atoms in total. The monoisotopic (exact) mass is 549 g/mol. The number of carbonyl (C=O) groups is 1. The van der Waals surface area contributed by atoms with Crippen molar-refractivity contribution in [3.05, 3.63) is 113 Å². The molecule has 1 unspecified atom stereocenters. The molecule has 1 aliphatic heterocycles. The van der Waals surface area contributed by atoms with Crippen molar-refractivity contribution in [1.29, 1.82) is 0 Å². The summed E-state index contributed by atoms with van der Waals surface area (Å²) >= 11 is 0. The number of phenolic OH excluding ortho intramolecular Hbond substituents is 1. The van der Waals surface area contributed by atoms with Gasteiger partial charge >= 0.3 is 0 Å². The first-order valence-electron chi connectivity index (χ1n) is 13.6. The van der Waals surface area contributed by atoms with Crippen molar-refractivity contribution in [2.75, 3.05) is 39.1 Å². The van der Waals surface area contributed by atoms with Crippen LogP contribution in [0.1, 0.15) is 33.4 Å². The summed E-state index contributed by atoms with van der Waals surface area (Å²) in [4.78, 5) is 28.0. The molecule has 0 aliphatic carbocycles. The molecule has 4 aromatic carbocycles. The fourth-order valence-electron chi connectivity index (χ4n) is 5.41. The second-order valence-electron chi connectivity index (χ2n) is 10.8. The molecule has 1 aliphatic rings. The predicted octanol–water partition coefficient (Wildman–Crippen LogP) is 5.82. The topological polar surface area (TPSA) is 75.7 Å². The van der Waals surface area contributed by atoms with Gasteiger partial charge in [-0.15, -0.1) is 0 Å². The molecule has 0 radical (unpaired) electrons. The van der Waals surface area contributed by atoms with E-state index in [1.165, 1.54) is 18.2 Å². The van der Waals surface area contributed by atoms with E-state index in [4.69, 9.17) is 4.98 Å². The van der Waals surface area contributed by atoms with Crippen LogP contribution in [0.2, 0.25) is 0 Å². The van der Waals surface area contributed by atoms with Crippen molar-refractivity contribution in [1.82, 2.24) is 19.8 Å². The number of amides is 1. The molecule has 1 atom stereocenters. The highest BCUT2D eigenvalue weighted by atomic mass is 19.1. The predicted molar refractivity (Wildman–Crippen MR) is 160 cm³/mol. The Morgan fingerprint density at radius 1 is 0.951 bits per heavy atom. The molecule has 0 fully saturated rings. The van der Waals surface area contributed by atoms with E-state index < -0.39 is 11.9 Å². The quantitative estimate of drug-likeness (QED) is 0.255. The van der Waals surface area contributed by atoms with E-state index in [0.29, 0.717) is 17.9 Å². The Bertz CT molecular complexity index is 1700. The summed E-state index contributed by atoms with van der Waals surface area (Å²) in [5.41, 5.74) is 6.34. The number of aromatic nitrogens is 2. The van der Waals surface area contributed by atoms with Gasteiger partial charge < -0.3 is 24.8 Å². The van der Waals surface area contributed by atoms with Gasteiger partial charge in [0.2, 0.25) is 0 Å². The third-order valence-corrected chi connectivity index (χ3v) is 7.73. The maximum atomic E-state index is 14.4. The number of hydrogen-bond donors (Lipinski definition) is 2. The number of H-pyrrole nitrogens is 1. The van der Waals surface area contributed by atoms with Crippen molar-refractivity contribution >= 4 is 22.6 Å². The lowest BCUT2D eigenvalue weighted by Crippen LogP contribution is -2.31. The first-order chi connectivity index (χ1) is 19.8. The minimum atomic E-state index is -0.807. The molecular formula is C33H32FN5O2. The molecule has 0 bridgehead atoms. The molecule has 0 saturated carbocycles. The van der Waals surface area contributed by atoms with Gasteiger partial charge in [-0.05, 0) is 79.3 Å². The molecule has 2 heterocycles. The van der Waals surface area contributed by atoms with Crippen molar-refractivity contribution in [2.45, 2.75) is 12.6 Å². The number of halogens is 1. The van der Waals surface area contributed by atoms with Crippen LogP contribution in [-0.2, 0) is 6.54 Å². The van der Waals surface area contributed by atoms with Gasteiger partial charge in [0.25, 0.3) is 5.91 Å². The summed E-state index contributed by atoms with van der Waals surface area (Å²) in [7, 11) is 6.20. The number of nitrogens with one attached hydrogen (secondary N) is 1. The van der Waals surface area contributed by atoms with E-state index in [0.717, 1.165) is 46.5 Å². The Morgan fingerprint density at radius 3 is 2.46 bits per heavy atom. The van der Waals surface area contributed by atoms with Gasteiger partial charge in [-0.3, -0.25) is 4.79 Å². The lowest BCUT2D eigenvalue weighted by molar-refractivity contribution is 0.0723. The zero-order valence-corrected chi connectivity index (χ0v) is 23.3. The van der Waals surface area contributed by atoms with Crippen molar-refractivity contribution in [3.8, 4) is 16.9 Å². The van der Waals surface area contributed by atoms with E-state index in [9.17, 15) is 14.3 Å². The maximum Gasteiger partial charge on any atom is 0.255 e. The molecule has 0 saturated heterocycles. The zero-order chi connectivity index (χ0) is 28.7. The second-order valence-corrected chi connectivity index (χ2v) is 10.8. The molecule has 5 aromatic rings. The minimum absolute atomic E-state index is 0.100. The first-order valence-corrected chi connectivity index (χ1v) is 13.6. The van der Waals surface area contributed by atoms with E-state index >= 15 is 0 Å². The molecule has 2 N–H and O–H groups in total. The van der Waals surface area contributed by atoms with Crippen LogP contribution in [-0.4, -0.2) is 65.0 Å². The molecule has 8 heteroatoms. The number of imidazole rings is 1. The number of anilines is 1. The summed E-state index contributed by atoms with van der Waals surface area (Å²) in [6.07, 6.45) is 0. The summed E-state index contributed by atoms with van der Waals surface area (Å²) in [6, 6.07) is 24.8. The van der Waals surface area contributed by atoms with Crippen molar-refractivity contribution in [2.24, 2.45) is 0 Å².